The quantitative estimate of drug-likeness (QED) is 0.419. The van der Waals surface area contributed by atoms with Crippen molar-refractivity contribution in [2.45, 2.75) is 31.2 Å². The van der Waals surface area contributed by atoms with Gasteiger partial charge in [0.1, 0.15) is 30.0 Å². The second kappa shape index (κ2) is 10.5. The van der Waals surface area contributed by atoms with Crippen LogP contribution in [0.25, 0.3) is 0 Å². The minimum Gasteiger partial charge on any atom is -0.491 e. The minimum absolute atomic E-state index is 0.104. The number of fused-ring (bicyclic) bond motifs is 4. The molecule has 4 rings (SSSR count). The third-order valence-electron chi connectivity index (χ3n) is 5.72. The first-order chi connectivity index (χ1) is 17.1. The Morgan fingerprint density at radius 3 is 2.83 bits per heavy atom. The van der Waals surface area contributed by atoms with Gasteiger partial charge in [0.05, 0.1) is 24.8 Å². The Kier molecular flexibility index (Phi) is 7.45. The fourth-order valence-electron chi connectivity index (χ4n) is 3.99. The standard InChI is InChI=1S/C22H25F3N6O5/c23-22(24,25)5-7-27-20(34)16-1-2-17-19(28-16)31(13-4-8-30(17)10-13)21(35)29-18-9-15(3-6-26-18)36-12-14(33)11-32/h1-3,6,9,13-14,32-33H,4-5,7-8,10-12H2,(H,27,34)(H,26,29,35)/t13-,14+/m0/s1. The highest BCUT2D eigenvalue weighted by molar-refractivity contribution is 6.05. The van der Waals surface area contributed by atoms with Gasteiger partial charge in [-0.2, -0.15) is 13.2 Å². The first-order valence-corrected chi connectivity index (χ1v) is 11.2. The molecule has 3 amide bonds. The average molecular weight is 510 g/mol. The van der Waals surface area contributed by atoms with Crippen LogP contribution in [0.15, 0.2) is 30.5 Å². The van der Waals surface area contributed by atoms with E-state index in [0.717, 1.165) is 0 Å². The van der Waals surface area contributed by atoms with Crippen molar-refractivity contribution >= 4 is 29.3 Å². The molecule has 2 atom stereocenters. The van der Waals surface area contributed by atoms with Gasteiger partial charge in [-0.05, 0) is 24.6 Å². The Labute approximate surface area is 203 Å². The third kappa shape index (κ3) is 5.94. The van der Waals surface area contributed by atoms with Gasteiger partial charge >= 0.3 is 12.2 Å². The van der Waals surface area contributed by atoms with E-state index >= 15 is 0 Å². The van der Waals surface area contributed by atoms with E-state index in [1.165, 1.54) is 29.3 Å². The highest BCUT2D eigenvalue weighted by atomic mass is 19.4. The van der Waals surface area contributed by atoms with Crippen molar-refractivity contribution < 1.29 is 37.7 Å². The summed E-state index contributed by atoms with van der Waals surface area (Å²) in [5.74, 6) is -0.0658. The lowest BCUT2D eigenvalue weighted by Gasteiger charge is -2.35. The molecular formula is C22H25F3N6O5. The van der Waals surface area contributed by atoms with Crippen molar-refractivity contribution in [3.05, 3.63) is 36.2 Å². The van der Waals surface area contributed by atoms with E-state index in [-0.39, 0.29) is 30.0 Å². The van der Waals surface area contributed by atoms with Crippen LogP contribution in [0.3, 0.4) is 0 Å². The maximum absolute atomic E-state index is 13.3. The Hall–Kier alpha value is -3.65. The van der Waals surface area contributed by atoms with Crippen LogP contribution >= 0.6 is 0 Å². The van der Waals surface area contributed by atoms with Gasteiger partial charge < -0.3 is 25.2 Å². The molecule has 0 aliphatic carbocycles. The van der Waals surface area contributed by atoms with Crippen molar-refractivity contribution in [3.8, 4) is 5.75 Å². The number of pyridine rings is 2. The van der Waals surface area contributed by atoms with Crippen LogP contribution in [0.5, 0.6) is 5.75 Å². The molecule has 14 heteroatoms. The summed E-state index contributed by atoms with van der Waals surface area (Å²) in [7, 11) is 0. The molecule has 2 aromatic heterocycles. The smallest absolute Gasteiger partial charge is 0.390 e. The SMILES string of the molecule is O=C(NCCC(F)(F)F)c1ccc2c(n1)N(C(=O)Nc1cc(OC[C@H](O)CO)ccn1)[C@H]1CCN2C1. The van der Waals surface area contributed by atoms with Crippen LogP contribution in [0.1, 0.15) is 23.3 Å². The number of nitrogens with one attached hydrogen (secondary N) is 2. The van der Waals surface area contributed by atoms with Crippen LogP contribution in [0.4, 0.5) is 35.3 Å². The second-order valence-electron chi connectivity index (χ2n) is 8.37. The number of alkyl halides is 3. The van der Waals surface area contributed by atoms with Crippen molar-refractivity contribution in [3.63, 3.8) is 0 Å². The number of halogens is 3. The lowest BCUT2D eigenvalue weighted by Crippen LogP contribution is -2.48. The summed E-state index contributed by atoms with van der Waals surface area (Å²) in [6, 6.07) is 5.24. The highest BCUT2D eigenvalue weighted by Crippen LogP contribution is 2.39. The maximum Gasteiger partial charge on any atom is 0.390 e. The van der Waals surface area contributed by atoms with Crippen LogP contribution in [0.2, 0.25) is 0 Å². The van der Waals surface area contributed by atoms with Crippen LogP contribution in [0, 0.1) is 0 Å². The van der Waals surface area contributed by atoms with Gasteiger partial charge in [0, 0.05) is 31.9 Å². The summed E-state index contributed by atoms with van der Waals surface area (Å²) in [6.45, 7) is 0.0448. The number of aliphatic hydroxyl groups is 2. The van der Waals surface area contributed by atoms with Crippen LogP contribution in [-0.2, 0) is 0 Å². The molecule has 2 aliphatic heterocycles. The second-order valence-corrected chi connectivity index (χ2v) is 8.37. The monoisotopic (exact) mass is 510 g/mol. The summed E-state index contributed by atoms with van der Waals surface area (Å²) in [5, 5.41) is 23.2. The molecule has 0 spiro atoms. The van der Waals surface area contributed by atoms with Gasteiger partial charge in [-0.3, -0.25) is 15.0 Å². The van der Waals surface area contributed by atoms with Gasteiger partial charge in [-0.25, -0.2) is 14.8 Å². The molecule has 36 heavy (non-hydrogen) atoms. The molecule has 0 radical (unpaired) electrons. The number of anilines is 3. The van der Waals surface area contributed by atoms with Gasteiger partial charge in [-0.15, -0.1) is 0 Å². The zero-order chi connectivity index (χ0) is 25.9. The fraction of sp³-hybridized carbons (Fsp3) is 0.455. The maximum atomic E-state index is 13.3. The van der Waals surface area contributed by atoms with E-state index in [9.17, 15) is 27.9 Å². The first-order valence-electron chi connectivity index (χ1n) is 11.2. The molecule has 1 saturated heterocycles. The number of aliphatic hydroxyl groups excluding tert-OH is 2. The first kappa shape index (κ1) is 25.4. The minimum atomic E-state index is -4.40. The predicted molar refractivity (Wildman–Crippen MR) is 122 cm³/mol. The summed E-state index contributed by atoms with van der Waals surface area (Å²) < 4.78 is 42.6. The molecule has 2 aromatic rings. The molecule has 2 bridgehead atoms. The number of amides is 3. The molecule has 0 unspecified atom stereocenters. The number of aromatic nitrogens is 2. The summed E-state index contributed by atoms with van der Waals surface area (Å²) in [6.07, 6.45) is -4.56. The van der Waals surface area contributed by atoms with Gasteiger partial charge in [0.2, 0.25) is 0 Å². The number of ether oxygens (including phenoxy) is 1. The Morgan fingerprint density at radius 1 is 1.28 bits per heavy atom. The normalized spacial score (nSPS) is 17.4. The van der Waals surface area contributed by atoms with Crippen molar-refractivity contribution in [1.82, 2.24) is 15.3 Å². The van der Waals surface area contributed by atoms with Gasteiger partial charge in [0.15, 0.2) is 5.82 Å². The summed E-state index contributed by atoms with van der Waals surface area (Å²) in [5.41, 5.74) is 0.529. The largest absolute Gasteiger partial charge is 0.491 e. The molecular weight excluding hydrogens is 485 g/mol. The fourth-order valence-corrected chi connectivity index (χ4v) is 3.99. The van der Waals surface area contributed by atoms with Crippen molar-refractivity contribution in [1.29, 1.82) is 0 Å². The van der Waals surface area contributed by atoms with E-state index in [1.807, 2.05) is 4.90 Å². The molecule has 11 nitrogen and oxygen atoms in total. The predicted octanol–water partition coefficient (Wildman–Crippen LogP) is 1.52. The molecule has 1 fully saturated rings. The molecule has 194 valence electrons. The van der Waals surface area contributed by atoms with E-state index in [0.29, 0.717) is 30.9 Å². The molecule has 4 heterocycles. The van der Waals surface area contributed by atoms with E-state index in [2.05, 4.69) is 20.6 Å². The van der Waals surface area contributed by atoms with E-state index in [1.54, 1.807) is 6.07 Å². The lowest BCUT2D eigenvalue weighted by molar-refractivity contribution is -0.133. The molecule has 4 N–H and O–H groups in total. The molecule has 0 aromatic carbocycles. The molecule has 0 saturated carbocycles. The summed E-state index contributed by atoms with van der Waals surface area (Å²) in [4.78, 5) is 37.6. The van der Waals surface area contributed by atoms with Crippen molar-refractivity contribution in [2.75, 3.05) is 48.0 Å². The lowest BCUT2D eigenvalue weighted by atomic mass is 10.1. The van der Waals surface area contributed by atoms with Crippen molar-refractivity contribution in [2.24, 2.45) is 0 Å². The molecule has 2 aliphatic rings. The number of rotatable bonds is 8. The van der Waals surface area contributed by atoms with E-state index in [4.69, 9.17) is 9.84 Å². The van der Waals surface area contributed by atoms with Crippen LogP contribution in [-0.4, -0.2) is 83.3 Å². The number of hydrogen-bond acceptors (Lipinski definition) is 8. The summed E-state index contributed by atoms with van der Waals surface area (Å²) >= 11 is 0. The number of nitrogens with zero attached hydrogens (tertiary/aromatic N) is 4. The Morgan fingerprint density at radius 2 is 2.08 bits per heavy atom. The zero-order valence-electron chi connectivity index (χ0n) is 19.0. The Bertz CT molecular complexity index is 1120. The topological polar surface area (TPSA) is 140 Å². The number of urea groups is 1. The van der Waals surface area contributed by atoms with Crippen LogP contribution < -0.4 is 25.2 Å². The number of hydrogen-bond donors (Lipinski definition) is 4. The third-order valence-corrected chi connectivity index (χ3v) is 5.72. The van der Waals surface area contributed by atoms with Gasteiger partial charge in [-0.1, -0.05) is 0 Å². The van der Waals surface area contributed by atoms with Gasteiger partial charge in [0.25, 0.3) is 5.91 Å². The number of carbonyl (C=O) groups is 2. The highest BCUT2D eigenvalue weighted by Gasteiger charge is 2.40. The zero-order valence-corrected chi connectivity index (χ0v) is 19.0. The van der Waals surface area contributed by atoms with E-state index < -0.39 is 43.8 Å². The average Bonchev–Trinajstić information content (AvgIpc) is 3.25. The Balaban J connectivity index is 1.51. The number of carbonyl (C=O) groups excluding carboxylic acids is 2.